The number of alkyl halides is 1. The second-order valence-corrected chi connectivity index (χ2v) is 3.89. The highest BCUT2D eigenvalue weighted by atomic mass is 79.9. The lowest BCUT2D eigenvalue weighted by Crippen LogP contribution is -2.25. The van der Waals surface area contributed by atoms with Crippen LogP contribution in [0.15, 0.2) is 18.2 Å². The largest absolute Gasteiger partial charge is 0.369 e. The molecule has 2 N–H and O–H groups in total. The van der Waals surface area contributed by atoms with Crippen molar-refractivity contribution < 1.29 is 13.6 Å². The molecule has 1 rings (SSSR count). The molecule has 0 aliphatic heterocycles. The van der Waals surface area contributed by atoms with E-state index >= 15 is 0 Å². The standard InChI is InChI=1S/C9H8BrF2NO/c10-6(9(13)14)4-5-2-1-3-7(11)8(5)12/h1-3,6H,4H2,(H2,13,14). The van der Waals surface area contributed by atoms with E-state index < -0.39 is 22.4 Å². The van der Waals surface area contributed by atoms with Crippen molar-refractivity contribution in [2.24, 2.45) is 5.73 Å². The van der Waals surface area contributed by atoms with E-state index in [-0.39, 0.29) is 12.0 Å². The molecule has 0 heterocycles. The van der Waals surface area contributed by atoms with Crippen molar-refractivity contribution in [1.29, 1.82) is 0 Å². The lowest BCUT2D eigenvalue weighted by molar-refractivity contribution is -0.117. The second-order valence-electron chi connectivity index (χ2n) is 2.79. The fourth-order valence-electron chi connectivity index (χ4n) is 1.000. The molecular formula is C9H8BrF2NO. The molecule has 1 atom stereocenters. The maximum atomic E-state index is 13.1. The number of benzene rings is 1. The highest BCUT2D eigenvalue weighted by molar-refractivity contribution is 9.10. The van der Waals surface area contributed by atoms with Crippen LogP contribution in [-0.4, -0.2) is 10.7 Å². The first kappa shape index (κ1) is 11.1. The fourth-order valence-corrected chi connectivity index (χ4v) is 1.35. The molecule has 0 aliphatic rings. The minimum Gasteiger partial charge on any atom is -0.369 e. The van der Waals surface area contributed by atoms with Crippen LogP contribution in [-0.2, 0) is 11.2 Å². The van der Waals surface area contributed by atoms with Crippen molar-refractivity contribution in [2.75, 3.05) is 0 Å². The maximum Gasteiger partial charge on any atom is 0.231 e. The van der Waals surface area contributed by atoms with Gasteiger partial charge in [0.25, 0.3) is 0 Å². The van der Waals surface area contributed by atoms with Crippen LogP contribution in [0.3, 0.4) is 0 Å². The first-order valence-electron chi connectivity index (χ1n) is 3.88. The van der Waals surface area contributed by atoms with Gasteiger partial charge >= 0.3 is 0 Å². The van der Waals surface area contributed by atoms with Gasteiger partial charge in [-0.05, 0) is 18.1 Å². The monoisotopic (exact) mass is 263 g/mol. The molecular weight excluding hydrogens is 256 g/mol. The van der Waals surface area contributed by atoms with Gasteiger partial charge < -0.3 is 5.73 Å². The van der Waals surface area contributed by atoms with Crippen LogP contribution in [0.25, 0.3) is 0 Å². The molecule has 0 saturated carbocycles. The summed E-state index contributed by atoms with van der Waals surface area (Å²) in [5, 5.41) is 0. The van der Waals surface area contributed by atoms with Crippen LogP contribution in [0, 0.1) is 11.6 Å². The minimum absolute atomic E-state index is 0.0406. The third kappa shape index (κ3) is 2.51. The van der Waals surface area contributed by atoms with Gasteiger partial charge in [0.2, 0.25) is 5.91 Å². The minimum atomic E-state index is -0.932. The molecule has 76 valence electrons. The molecule has 0 radical (unpaired) electrons. The topological polar surface area (TPSA) is 43.1 Å². The predicted octanol–water partition coefficient (Wildman–Crippen LogP) is 1.76. The van der Waals surface area contributed by atoms with Gasteiger partial charge in [-0.2, -0.15) is 0 Å². The highest BCUT2D eigenvalue weighted by Crippen LogP contribution is 2.15. The van der Waals surface area contributed by atoms with Crippen molar-refractivity contribution in [3.05, 3.63) is 35.4 Å². The SMILES string of the molecule is NC(=O)C(Br)Cc1cccc(F)c1F. The van der Waals surface area contributed by atoms with Crippen molar-refractivity contribution in [2.45, 2.75) is 11.2 Å². The zero-order valence-corrected chi connectivity index (χ0v) is 8.72. The van der Waals surface area contributed by atoms with E-state index in [1.165, 1.54) is 12.1 Å². The number of primary amides is 1. The molecule has 5 heteroatoms. The molecule has 0 spiro atoms. The number of rotatable bonds is 3. The van der Waals surface area contributed by atoms with Crippen LogP contribution in [0.1, 0.15) is 5.56 Å². The fraction of sp³-hybridized carbons (Fsp3) is 0.222. The quantitative estimate of drug-likeness (QED) is 0.830. The van der Waals surface area contributed by atoms with Crippen LogP contribution < -0.4 is 5.73 Å². The molecule has 1 amide bonds. The van der Waals surface area contributed by atoms with E-state index in [2.05, 4.69) is 15.9 Å². The summed E-state index contributed by atoms with van der Waals surface area (Å²) < 4.78 is 25.8. The summed E-state index contributed by atoms with van der Waals surface area (Å²) in [6, 6.07) is 3.82. The first-order valence-corrected chi connectivity index (χ1v) is 4.80. The van der Waals surface area contributed by atoms with Gasteiger partial charge in [0, 0.05) is 0 Å². The zero-order valence-electron chi connectivity index (χ0n) is 7.14. The summed E-state index contributed by atoms with van der Waals surface area (Å²) in [7, 11) is 0. The Morgan fingerprint density at radius 2 is 2.14 bits per heavy atom. The van der Waals surface area contributed by atoms with E-state index in [1.54, 1.807) is 0 Å². The Bertz CT molecular complexity index is 357. The summed E-state index contributed by atoms with van der Waals surface area (Å²) in [6.07, 6.45) is 0.0406. The Morgan fingerprint density at radius 1 is 1.50 bits per heavy atom. The van der Waals surface area contributed by atoms with Crippen molar-refractivity contribution >= 4 is 21.8 Å². The van der Waals surface area contributed by atoms with Crippen molar-refractivity contribution in [3.8, 4) is 0 Å². The van der Waals surface area contributed by atoms with Crippen molar-refractivity contribution in [1.82, 2.24) is 0 Å². The van der Waals surface area contributed by atoms with Crippen LogP contribution in [0.4, 0.5) is 8.78 Å². The molecule has 0 bridgehead atoms. The number of halogens is 3. The van der Waals surface area contributed by atoms with E-state index in [9.17, 15) is 13.6 Å². The average Bonchev–Trinajstić information content (AvgIpc) is 2.12. The van der Waals surface area contributed by atoms with E-state index in [1.807, 2.05) is 0 Å². The average molecular weight is 264 g/mol. The summed E-state index contributed by atoms with van der Waals surface area (Å²) in [5.74, 6) is -2.46. The Labute approximate surface area is 88.2 Å². The first-order chi connectivity index (χ1) is 6.52. The number of hydrogen-bond acceptors (Lipinski definition) is 1. The summed E-state index contributed by atoms with van der Waals surface area (Å²) in [5.41, 5.74) is 5.10. The van der Waals surface area contributed by atoms with E-state index in [4.69, 9.17) is 5.73 Å². The molecule has 0 aliphatic carbocycles. The predicted molar refractivity (Wildman–Crippen MR) is 52.0 cm³/mol. The molecule has 0 saturated heterocycles. The third-order valence-corrected chi connectivity index (χ3v) is 2.51. The Kier molecular flexibility index (Phi) is 3.57. The smallest absolute Gasteiger partial charge is 0.231 e. The van der Waals surface area contributed by atoms with Gasteiger partial charge in [-0.25, -0.2) is 8.78 Å². The molecule has 14 heavy (non-hydrogen) atoms. The molecule has 2 nitrogen and oxygen atoms in total. The van der Waals surface area contributed by atoms with Crippen LogP contribution >= 0.6 is 15.9 Å². The summed E-state index contributed by atoms with van der Waals surface area (Å²) >= 11 is 2.97. The number of nitrogens with two attached hydrogens (primary N) is 1. The van der Waals surface area contributed by atoms with Gasteiger partial charge in [-0.3, -0.25) is 4.79 Å². The zero-order chi connectivity index (χ0) is 10.7. The number of hydrogen-bond donors (Lipinski definition) is 1. The maximum absolute atomic E-state index is 13.1. The molecule has 0 aromatic heterocycles. The normalized spacial score (nSPS) is 12.5. The van der Waals surface area contributed by atoms with E-state index in [0.29, 0.717) is 0 Å². The van der Waals surface area contributed by atoms with Crippen LogP contribution in [0.2, 0.25) is 0 Å². The molecule has 1 unspecified atom stereocenters. The molecule has 1 aromatic carbocycles. The third-order valence-electron chi connectivity index (χ3n) is 1.74. The number of carbonyl (C=O) groups excluding carboxylic acids is 1. The summed E-state index contributed by atoms with van der Waals surface area (Å²) in [4.78, 5) is 9.98. The van der Waals surface area contributed by atoms with Crippen molar-refractivity contribution in [3.63, 3.8) is 0 Å². The number of amides is 1. The lowest BCUT2D eigenvalue weighted by Gasteiger charge is -2.06. The van der Waals surface area contributed by atoms with Gasteiger partial charge in [-0.15, -0.1) is 0 Å². The van der Waals surface area contributed by atoms with E-state index in [0.717, 1.165) is 6.07 Å². The lowest BCUT2D eigenvalue weighted by atomic mass is 10.1. The molecule has 1 aromatic rings. The Balaban J connectivity index is 2.87. The second kappa shape index (κ2) is 4.50. The Hall–Kier alpha value is -0.970. The van der Waals surface area contributed by atoms with Gasteiger partial charge in [0.15, 0.2) is 11.6 Å². The van der Waals surface area contributed by atoms with Crippen LogP contribution in [0.5, 0.6) is 0 Å². The van der Waals surface area contributed by atoms with Gasteiger partial charge in [0.05, 0.1) is 4.83 Å². The Morgan fingerprint density at radius 3 is 2.71 bits per heavy atom. The number of carbonyl (C=O) groups is 1. The molecule has 0 fully saturated rings. The van der Waals surface area contributed by atoms with Gasteiger partial charge in [0.1, 0.15) is 0 Å². The summed E-state index contributed by atoms with van der Waals surface area (Å²) in [6.45, 7) is 0. The highest BCUT2D eigenvalue weighted by Gasteiger charge is 2.15. The van der Waals surface area contributed by atoms with Gasteiger partial charge in [-0.1, -0.05) is 28.1 Å².